The highest BCUT2D eigenvalue weighted by Crippen LogP contribution is 2.75. The average Bonchev–Trinajstić information content (AvgIpc) is 3.12. The lowest BCUT2D eigenvalue weighted by molar-refractivity contribution is -0.165. The summed E-state index contributed by atoms with van der Waals surface area (Å²) in [5.41, 5.74) is 1.14. The van der Waals surface area contributed by atoms with Crippen LogP contribution >= 0.6 is 0 Å². The van der Waals surface area contributed by atoms with Crippen LogP contribution in [0, 0.1) is 61.6 Å². The van der Waals surface area contributed by atoms with E-state index in [1.54, 1.807) is 5.57 Å². The molecule has 245 valence electrons. The van der Waals surface area contributed by atoms with Crippen LogP contribution in [0.3, 0.4) is 0 Å². The van der Waals surface area contributed by atoms with Crippen molar-refractivity contribution < 1.29 is 9.59 Å². The van der Waals surface area contributed by atoms with E-state index in [0.717, 1.165) is 51.4 Å². The third-order valence-corrected chi connectivity index (χ3v) is 15.4. The largest absolute Gasteiger partial charge is 0.403 e. The molecule has 1 N–H and O–H groups in total. The van der Waals surface area contributed by atoms with Crippen LogP contribution in [0.25, 0.3) is 0 Å². The zero-order valence-electron chi connectivity index (χ0n) is 29.6. The molecule has 0 aromatic rings. The Bertz CT molecular complexity index is 1310. The van der Waals surface area contributed by atoms with Crippen LogP contribution in [-0.2, 0) is 9.59 Å². The summed E-state index contributed by atoms with van der Waals surface area (Å²) in [6.07, 6.45) is 23.3. The van der Waals surface area contributed by atoms with Crippen LogP contribution < -0.4 is 5.23 Å². The molecule has 7 atom stereocenters. The van der Waals surface area contributed by atoms with Gasteiger partial charge in [-0.15, -0.1) is 0 Å². The molecule has 1 amide bonds. The van der Waals surface area contributed by atoms with Gasteiger partial charge in [0, 0.05) is 5.41 Å². The van der Waals surface area contributed by atoms with Crippen molar-refractivity contribution >= 4 is 19.1 Å². The second kappa shape index (κ2) is 11.4. The maximum atomic E-state index is 14.5. The van der Waals surface area contributed by atoms with Gasteiger partial charge in [0.05, 0.1) is 11.0 Å². The SMILES string of the molecule is CC1(C)CCC2(C(=O)N[B]C3CCCCCCCC3)CC[C@]3(C)C(=CCC4[C@@]5(C)C=C(C#N)C(=O)C(C)(C)[C@@H]5CC[C@]43C)[C@@H]2C1. The summed E-state index contributed by atoms with van der Waals surface area (Å²) >= 11 is 0. The molecule has 0 saturated heterocycles. The smallest absolute Gasteiger partial charge is 0.249 e. The summed E-state index contributed by atoms with van der Waals surface area (Å²) in [6, 6.07) is 2.30. The van der Waals surface area contributed by atoms with Gasteiger partial charge in [-0.2, -0.15) is 5.26 Å². The number of fused-ring (bicyclic) bond motifs is 7. The third-order valence-electron chi connectivity index (χ3n) is 15.4. The predicted octanol–water partition coefficient (Wildman–Crippen LogP) is 9.69. The van der Waals surface area contributed by atoms with Crippen LogP contribution in [0.5, 0.6) is 0 Å². The standard InChI is InChI=1S/C40H60BN2O2/c1-35(2)20-22-40(34(45)43-41-28-14-12-10-8-9-11-13-15-28)23-21-38(6)29(30(40)25-35)16-17-32-37(5)24-27(26-42)33(44)36(3,4)31(37)18-19-39(32,38)7/h16,24,28,30-32H,8-15,17-23,25H2,1-7H3,(H,43,45)/t30-,31-,32?,37-,38+,39+,40?/m0/s1. The summed E-state index contributed by atoms with van der Waals surface area (Å²) in [6.45, 7) is 16.5. The Morgan fingerprint density at radius 1 is 0.867 bits per heavy atom. The van der Waals surface area contributed by atoms with Gasteiger partial charge < -0.3 is 5.23 Å². The Balaban J connectivity index is 1.33. The van der Waals surface area contributed by atoms with Crippen molar-refractivity contribution in [2.45, 2.75) is 157 Å². The van der Waals surface area contributed by atoms with E-state index < -0.39 is 5.41 Å². The molecule has 6 rings (SSSR count). The van der Waals surface area contributed by atoms with E-state index in [2.05, 4.69) is 79.3 Å². The molecule has 0 bridgehead atoms. The number of carbonyl (C=O) groups is 2. The number of carbonyl (C=O) groups excluding carboxylic acids is 2. The molecule has 45 heavy (non-hydrogen) atoms. The van der Waals surface area contributed by atoms with Gasteiger partial charge in [0.1, 0.15) is 6.07 Å². The lowest BCUT2D eigenvalue weighted by atomic mass is 9.34. The molecule has 5 heteroatoms. The Morgan fingerprint density at radius 3 is 2.18 bits per heavy atom. The monoisotopic (exact) mass is 611 g/mol. The fraction of sp³-hybridized carbons (Fsp3) is 0.825. The molecule has 2 unspecified atom stereocenters. The highest BCUT2D eigenvalue weighted by molar-refractivity contribution is 6.39. The van der Waals surface area contributed by atoms with E-state index in [1.807, 2.05) is 0 Å². The first-order chi connectivity index (χ1) is 21.1. The highest BCUT2D eigenvalue weighted by atomic mass is 16.2. The van der Waals surface area contributed by atoms with Gasteiger partial charge in [0.2, 0.25) is 13.3 Å². The zero-order chi connectivity index (χ0) is 32.5. The molecule has 0 aromatic carbocycles. The van der Waals surface area contributed by atoms with Gasteiger partial charge in [0.15, 0.2) is 5.78 Å². The molecular weight excluding hydrogens is 551 g/mol. The molecule has 1 radical (unpaired) electrons. The zero-order valence-corrected chi connectivity index (χ0v) is 29.6. The molecule has 4 fully saturated rings. The van der Waals surface area contributed by atoms with E-state index in [4.69, 9.17) is 0 Å². The van der Waals surface area contributed by atoms with Gasteiger partial charge >= 0.3 is 0 Å². The number of allylic oxidation sites excluding steroid dienone is 4. The van der Waals surface area contributed by atoms with Crippen molar-refractivity contribution in [2.24, 2.45) is 50.2 Å². The first-order valence-corrected chi connectivity index (χ1v) is 18.7. The molecule has 6 aliphatic carbocycles. The fourth-order valence-corrected chi connectivity index (χ4v) is 12.4. The van der Waals surface area contributed by atoms with Crippen LogP contribution in [0.2, 0.25) is 5.82 Å². The van der Waals surface area contributed by atoms with Crippen molar-refractivity contribution in [3.8, 4) is 6.07 Å². The van der Waals surface area contributed by atoms with Crippen LogP contribution in [0.4, 0.5) is 0 Å². The Labute approximate surface area is 275 Å². The summed E-state index contributed by atoms with van der Waals surface area (Å²) < 4.78 is 0. The van der Waals surface area contributed by atoms with E-state index in [1.165, 1.54) is 51.4 Å². The maximum Gasteiger partial charge on any atom is 0.249 e. The Kier molecular flexibility index (Phi) is 8.39. The number of hydrogen-bond donors (Lipinski definition) is 1. The van der Waals surface area contributed by atoms with Gasteiger partial charge in [-0.3, -0.25) is 9.59 Å². The van der Waals surface area contributed by atoms with Crippen LogP contribution in [0.1, 0.15) is 151 Å². The van der Waals surface area contributed by atoms with Crippen molar-refractivity contribution in [3.05, 3.63) is 23.3 Å². The van der Waals surface area contributed by atoms with Crippen molar-refractivity contribution in [3.63, 3.8) is 0 Å². The number of rotatable bonds is 3. The van der Waals surface area contributed by atoms with E-state index in [9.17, 15) is 14.9 Å². The lowest BCUT2D eigenvalue weighted by Gasteiger charge is -2.70. The first-order valence-electron chi connectivity index (χ1n) is 18.7. The third kappa shape index (κ3) is 5.04. The maximum absolute atomic E-state index is 14.5. The normalized spacial score (nSPS) is 42.8. The minimum Gasteiger partial charge on any atom is -0.403 e. The topological polar surface area (TPSA) is 70.0 Å². The number of nitrogens with zero attached hydrogens (tertiary/aromatic N) is 1. The number of nitrogens with one attached hydrogen (secondary N) is 1. The molecule has 0 aliphatic heterocycles. The Morgan fingerprint density at radius 2 is 1.51 bits per heavy atom. The number of ketones is 1. The van der Waals surface area contributed by atoms with Crippen molar-refractivity contribution in [2.75, 3.05) is 0 Å². The first kappa shape index (κ1) is 33.1. The molecule has 0 aromatic heterocycles. The number of hydrogen-bond acceptors (Lipinski definition) is 3. The van der Waals surface area contributed by atoms with Gasteiger partial charge in [-0.25, -0.2) is 0 Å². The van der Waals surface area contributed by atoms with Gasteiger partial charge in [-0.05, 0) is 96.6 Å². The van der Waals surface area contributed by atoms with E-state index >= 15 is 0 Å². The van der Waals surface area contributed by atoms with Gasteiger partial charge in [0.25, 0.3) is 0 Å². The van der Waals surface area contributed by atoms with E-state index in [-0.39, 0.29) is 44.7 Å². The Hall–Kier alpha value is -1.83. The van der Waals surface area contributed by atoms with Crippen molar-refractivity contribution in [1.29, 1.82) is 5.26 Å². The van der Waals surface area contributed by atoms with Crippen LogP contribution in [0.15, 0.2) is 23.3 Å². The number of nitriles is 1. The summed E-state index contributed by atoms with van der Waals surface area (Å²) in [5, 5.41) is 13.5. The molecule has 4 saturated carbocycles. The molecule has 6 aliphatic rings. The fourth-order valence-electron chi connectivity index (χ4n) is 12.4. The summed E-state index contributed by atoms with van der Waals surface area (Å²) in [4.78, 5) is 27.9. The van der Waals surface area contributed by atoms with Gasteiger partial charge in [-0.1, -0.05) is 118 Å². The minimum atomic E-state index is -0.528. The number of Topliss-reactive ketones (excluding diaryl/α,β-unsaturated/α-hetero) is 1. The second-order valence-electron chi connectivity index (χ2n) is 18.6. The second-order valence-corrected chi connectivity index (χ2v) is 18.6. The molecule has 0 heterocycles. The van der Waals surface area contributed by atoms with Crippen molar-refractivity contribution in [1.82, 2.24) is 5.23 Å². The number of amides is 1. The molecule has 4 nitrogen and oxygen atoms in total. The highest BCUT2D eigenvalue weighted by Gasteiger charge is 2.69. The quantitative estimate of drug-likeness (QED) is 0.255. The van der Waals surface area contributed by atoms with Crippen LogP contribution in [-0.4, -0.2) is 19.1 Å². The minimum absolute atomic E-state index is 0.000486. The lowest BCUT2D eigenvalue weighted by Crippen LogP contribution is -2.64. The summed E-state index contributed by atoms with van der Waals surface area (Å²) in [7, 11) is 2.22. The summed E-state index contributed by atoms with van der Waals surface area (Å²) in [5.74, 6) is 1.69. The van der Waals surface area contributed by atoms with E-state index in [0.29, 0.717) is 23.2 Å². The predicted molar refractivity (Wildman–Crippen MR) is 183 cm³/mol. The average molecular weight is 612 g/mol. The molecular formula is C40H60BN2O2. The molecule has 0 spiro atoms.